The number of nitrogens with zero attached hydrogens (tertiary/aromatic N) is 1. The van der Waals surface area contributed by atoms with Crippen LogP contribution in [0.3, 0.4) is 0 Å². The molecule has 0 bridgehead atoms. The first kappa shape index (κ1) is 18.9. The van der Waals surface area contributed by atoms with Gasteiger partial charge in [0.2, 0.25) is 0 Å². The molecule has 0 aliphatic carbocycles. The van der Waals surface area contributed by atoms with Crippen LogP contribution in [0.25, 0.3) is 10.9 Å². The minimum Gasteiger partial charge on any atom is -0.360 e. The van der Waals surface area contributed by atoms with Gasteiger partial charge in [-0.1, -0.05) is 24.3 Å². The Kier molecular flexibility index (Phi) is 5.12. The molecule has 6 nitrogen and oxygen atoms in total. The molecule has 3 aromatic rings. The molecule has 29 heavy (non-hydrogen) atoms. The van der Waals surface area contributed by atoms with Crippen LogP contribution in [0.4, 0.5) is 4.39 Å². The highest BCUT2D eigenvalue weighted by Gasteiger charge is 2.32. The number of halogens is 1. The lowest BCUT2D eigenvalue weighted by Crippen LogP contribution is -2.36. The molecule has 7 heteroatoms. The second-order valence-electron chi connectivity index (χ2n) is 7.18. The lowest BCUT2D eigenvalue weighted by molar-refractivity contribution is -0.125. The number of nitrogens with one attached hydrogen (secondary N) is 2. The SMILES string of the molecule is O=C(NCC1CCN(C(=O)C(=O)c2c[nH]c3cccc(F)c23)C1)c1ccccc1. The van der Waals surface area contributed by atoms with Gasteiger partial charge in [0, 0.05) is 42.3 Å². The van der Waals surface area contributed by atoms with Crippen LogP contribution in [0.1, 0.15) is 27.1 Å². The summed E-state index contributed by atoms with van der Waals surface area (Å²) >= 11 is 0. The summed E-state index contributed by atoms with van der Waals surface area (Å²) in [5.74, 6) is -2.01. The number of rotatable bonds is 5. The lowest BCUT2D eigenvalue weighted by Gasteiger charge is -2.16. The number of amides is 2. The highest BCUT2D eigenvalue weighted by atomic mass is 19.1. The monoisotopic (exact) mass is 393 g/mol. The van der Waals surface area contributed by atoms with E-state index in [2.05, 4.69) is 10.3 Å². The predicted octanol–water partition coefficient (Wildman–Crippen LogP) is 2.77. The molecule has 2 heterocycles. The molecular weight excluding hydrogens is 373 g/mol. The van der Waals surface area contributed by atoms with Crippen molar-refractivity contribution in [1.82, 2.24) is 15.2 Å². The van der Waals surface area contributed by atoms with Gasteiger partial charge < -0.3 is 15.2 Å². The fraction of sp³-hybridized carbons (Fsp3) is 0.227. The van der Waals surface area contributed by atoms with Crippen LogP contribution >= 0.6 is 0 Å². The Balaban J connectivity index is 1.38. The van der Waals surface area contributed by atoms with E-state index in [9.17, 15) is 18.8 Å². The molecule has 1 fully saturated rings. The Hall–Kier alpha value is -3.48. The van der Waals surface area contributed by atoms with Crippen LogP contribution in [-0.2, 0) is 4.79 Å². The topological polar surface area (TPSA) is 82.3 Å². The molecule has 148 valence electrons. The Labute approximate surface area is 166 Å². The lowest BCUT2D eigenvalue weighted by atomic mass is 10.1. The normalized spacial score (nSPS) is 16.2. The minimum atomic E-state index is -0.727. The maximum Gasteiger partial charge on any atom is 0.295 e. The first-order valence-electron chi connectivity index (χ1n) is 9.47. The molecule has 2 aromatic carbocycles. The van der Waals surface area contributed by atoms with Gasteiger partial charge in [0.25, 0.3) is 17.6 Å². The van der Waals surface area contributed by atoms with Crippen molar-refractivity contribution in [3.05, 3.63) is 71.7 Å². The van der Waals surface area contributed by atoms with Crippen molar-refractivity contribution in [2.75, 3.05) is 19.6 Å². The van der Waals surface area contributed by atoms with Crippen molar-refractivity contribution in [2.24, 2.45) is 5.92 Å². The zero-order valence-electron chi connectivity index (χ0n) is 15.7. The molecule has 2 N–H and O–H groups in total. The number of aromatic nitrogens is 1. The third kappa shape index (κ3) is 3.76. The number of H-pyrrole nitrogens is 1. The van der Waals surface area contributed by atoms with Gasteiger partial charge in [-0.05, 0) is 36.6 Å². The quantitative estimate of drug-likeness (QED) is 0.517. The molecule has 0 radical (unpaired) electrons. The van der Waals surface area contributed by atoms with Crippen molar-refractivity contribution in [1.29, 1.82) is 0 Å². The number of benzene rings is 2. The summed E-state index contributed by atoms with van der Waals surface area (Å²) in [7, 11) is 0. The number of fused-ring (bicyclic) bond motifs is 1. The van der Waals surface area contributed by atoms with Gasteiger partial charge in [-0.25, -0.2) is 4.39 Å². The average molecular weight is 393 g/mol. The van der Waals surface area contributed by atoms with E-state index in [-0.39, 0.29) is 22.8 Å². The third-order valence-electron chi connectivity index (χ3n) is 5.25. The third-order valence-corrected chi connectivity index (χ3v) is 5.25. The maximum atomic E-state index is 14.1. The summed E-state index contributed by atoms with van der Waals surface area (Å²) in [6.07, 6.45) is 2.07. The summed E-state index contributed by atoms with van der Waals surface area (Å²) in [6, 6.07) is 13.4. The van der Waals surface area contributed by atoms with Crippen molar-refractivity contribution in [2.45, 2.75) is 6.42 Å². The largest absolute Gasteiger partial charge is 0.360 e. The molecule has 1 aliphatic rings. The van der Waals surface area contributed by atoms with Crippen LogP contribution in [0, 0.1) is 11.7 Å². The van der Waals surface area contributed by atoms with Crippen LogP contribution in [0.15, 0.2) is 54.7 Å². The van der Waals surface area contributed by atoms with E-state index in [4.69, 9.17) is 0 Å². The van der Waals surface area contributed by atoms with E-state index in [1.54, 1.807) is 36.4 Å². The summed E-state index contributed by atoms with van der Waals surface area (Å²) < 4.78 is 14.1. The summed E-state index contributed by atoms with van der Waals surface area (Å²) in [5.41, 5.74) is 1.10. The highest BCUT2D eigenvalue weighted by Crippen LogP contribution is 2.24. The fourth-order valence-corrected chi connectivity index (χ4v) is 3.69. The molecule has 1 saturated heterocycles. The molecule has 1 unspecified atom stereocenters. The van der Waals surface area contributed by atoms with E-state index in [1.165, 1.54) is 17.2 Å². The van der Waals surface area contributed by atoms with Gasteiger partial charge in [0.05, 0.1) is 5.56 Å². The standard InChI is InChI=1S/C22H20FN3O3/c23-17-7-4-8-18-19(17)16(12-24-18)20(27)22(29)26-10-9-14(13-26)11-25-21(28)15-5-2-1-3-6-15/h1-8,12,14,24H,9-11,13H2,(H,25,28). The Morgan fingerprint density at radius 1 is 1.10 bits per heavy atom. The van der Waals surface area contributed by atoms with Gasteiger partial charge in [-0.15, -0.1) is 0 Å². The van der Waals surface area contributed by atoms with Crippen molar-refractivity contribution in [3.8, 4) is 0 Å². The average Bonchev–Trinajstić information content (AvgIpc) is 3.39. The van der Waals surface area contributed by atoms with E-state index in [0.717, 1.165) is 0 Å². The summed E-state index contributed by atoms with van der Waals surface area (Å²) in [4.78, 5) is 41.8. The molecule has 2 amide bonds. The number of carbonyl (C=O) groups is 3. The first-order valence-corrected chi connectivity index (χ1v) is 9.47. The summed E-state index contributed by atoms with van der Waals surface area (Å²) in [5, 5.41) is 3.01. The fourth-order valence-electron chi connectivity index (χ4n) is 3.69. The van der Waals surface area contributed by atoms with Crippen LogP contribution < -0.4 is 5.32 Å². The Bertz CT molecular complexity index is 1080. The Morgan fingerprint density at radius 2 is 1.90 bits per heavy atom. The molecule has 1 aliphatic heterocycles. The van der Waals surface area contributed by atoms with Crippen LogP contribution in [-0.4, -0.2) is 47.1 Å². The first-order chi connectivity index (χ1) is 14.0. The zero-order chi connectivity index (χ0) is 20.4. The molecule has 1 atom stereocenters. The Morgan fingerprint density at radius 3 is 2.69 bits per heavy atom. The molecular formula is C22H20FN3O3. The number of Topliss-reactive ketones (excluding diaryl/α,β-unsaturated/α-hetero) is 1. The second-order valence-corrected chi connectivity index (χ2v) is 7.18. The number of hydrogen-bond acceptors (Lipinski definition) is 3. The predicted molar refractivity (Wildman–Crippen MR) is 106 cm³/mol. The molecule has 0 saturated carbocycles. The van der Waals surface area contributed by atoms with Crippen LogP contribution in [0.5, 0.6) is 0 Å². The number of aromatic amines is 1. The van der Waals surface area contributed by atoms with Gasteiger partial charge in [-0.2, -0.15) is 0 Å². The van der Waals surface area contributed by atoms with Gasteiger partial charge in [0.15, 0.2) is 0 Å². The number of carbonyl (C=O) groups excluding carboxylic acids is 3. The molecule has 4 rings (SSSR count). The van der Waals surface area contributed by atoms with E-state index < -0.39 is 17.5 Å². The van der Waals surface area contributed by atoms with Crippen molar-refractivity contribution in [3.63, 3.8) is 0 Å². The molecule has 1 aromatic heterocycles. The number of ketones is 1. The van der Waals surface area contributed by atoms with Crippen molar-refractivity contribution >= 4 is 28.5 Å². The maximum absolute atomic E-state index is 14.1. The van der Waals surface area contributed by atoms with Gasteiger partial charge in [-0.3, -0.25) is 14.4 Å². The van der Waals surface area contributed by atoms with E-state index in [0.29, 0.717) is 37.1 Å². The van der Waals surface area contributed by atoms with Crippen molar-refractivity contribution < 1.29 is 18.8 Å². The number of likely N-dealkylation sites (tertiary alicyclic amines) is 1. The zero-order valence-corrected chi connectivity index (χ0v) is 15.7. The van der Waals surface area contributed by atoms with E-state index in [1.807, 2.05) is 6.07 Å². The van der Waals surface area contributed by atoms with E-state index >= 15 is 0 Å². The van der Waals surface area contributed by atoms with Gasteiger partial charge in [0.1, 0.15) is 5.82 Å². The minimum absolute atomic E-state index is 0.0453. The molecule has 0 spiro atoms. The van der Waals surface area contributed by atoms with Gasteiger partial charge >= 0.3 is 0 Å². The second kappa shape index (κ2) is 7.87. The number of hydrogen-bond donors (Lipinski definition) is 2. The van der Waals surface area contributed by atoms with Crippen LogP contribution in [0.2, 0.25) is 0 Å². The smallest absolute Gasteiger partial charge is 0.295 e. The summed E-state index contributed by atoms with van der Waals surface area (Å²) in [6.45, 7) is 1.24. The highest BCUT2D eigenvalue weighted by molar-refractivity contribution is 6.44.